The van der Waals surface area contributed by atoms with Crippen molar-refractivity contribution in [2.24, 2.45) is 5.92 Å². The second-order valence-corrected chi connectivity index (χ2v) is 5.71. The summed E-state index contributed by atoms with van der Waals surface area (Å²) in [4.78, 5) is 2.47. The highest BCUT2D eigenvalue weighted by atomic mass is 15.1. The van der Waals surface area contributed by atoms with Gasteiger partial charge in [-0.25, -0.2) is 0 Å². The molecule has 1 fully saturated rings. The second kappa shape index (κ2) is 6.37. The first-order valence-corrected chi connectivity index (χ1v) is 6.83. The topological polar surface area (TPSA) is 39.1 Å². The predicted octanol–water partition coefficient (Wildman–Crippen LogP) is 2.39. The number of nitriles is 1. The van der Waals surface area contributed by atoms with Crippen LogP contribution >= 0.6 is 0 Å². The Hall–Kier alpha value is -0.590. The monoisotopic (exact) mass is 237 g/mol. The molecule has 0 aliphatic heterocycles. The molecule has 0 spiro atoms. The van der Waals surface area contributed by atoms with E-state index in [1.807, 2.05) is 14.0 Å². The molecule has 1 N–H and O–H groups in total. The van der Waals surface area contributed by atoms with Gasteiger partial charge in [0.05, 0.1) is 6.07 Å². The van der Waals surface area contributed by atoms with Gasteiger partial charge < -0.3 is 10.2 Å². The van der Waals surface area contributed by atoms with Crippen LogP contribution in [0.2, 0.25) is 0 Å². The van der Waals surface area contributed by atoms with Crippen LogP contribution in [-0.2, 0) is 0 Å². The molecular formula is C14H27N3. The summed E-state index contributed by atoms with van der Waals surface area (Å²) in [6, 6.07) is 3.08. The van der Waals surface area contributed by atoms with Crippen LogP contribution in [0.3, 0.4) is 0 Å². The summed E-state index contributed by atoms with van der Waals surface area (Å²) in [6.45, 7) is 5.47. The zero-order valence-corrected chi connectivity index (χ0v) is 11.8. The van der Waals surface area contributed by atoms with E-state index in [0.717, 1.165) is 31.3 Å². The zero-order valence-electron chi connectivity index (χ0n) is 11.8. The maximum absolute atomic E-state index is 9.04. The van der Waals surface area contributed by atoms with Crippen LogP contribution in [0.15, 0.2) is 0 Å². The van der Waals surface area contributed by atoms with Crippen LogP contribution in [0, 0.1) is 17.2 Å². The lowest BCUT2D eigenvalue weighted by molar-refractivity contribution is 0.227. The summed E-state index contributed by atoms with van der Waals surface area (Å²) in [5.74, 6) is 0.946. The minimum Gasteiger partial charge on any atom is -0.303 e. The zero-order chi connectivity index (χ0) is 12.9. The van der Waals surface area contributed by atoms with E-state index in [0.29, 0.717) is 0 Å². The van der Waals surface area contributed by atoms with E-state index in [1.165, 1.54) is 19.3 Å². The Balaban J connectivity index is 2.13. The van der Waals surface area contributed by atoms with Crippen molar-refractivity contribution in [2.75, 3.05) is 20.6 Å². The van der Waals surface area contributed by atoms with Gasteiger partial charge in [0, 0.05) is 6.04 Å². The molecule has 0 aromatic rings. The molecule has 0 aromatic carbocycles. The molecule has 0 heterocycles. The molecule has 1 aliphatic rings. The first-order chi connectivity index (χ1) is 8.02. The third-order valence-corrected chi connectivity index (χ3v) is 4.24. The number of hydrogen-bond acceptors (Lipinski definition) is 3. The highest BCUT2D eigenvalue weighted by Crippen LogP contribution is 2.34. The fourth-order valence-corrected chi connectivity index (χ4v) is 2.22. The standard InChI is InChI=1S/C14H27N3/c1-12(13-7-8-13)17(4)10-6-5-9-14(2,11-15)16-3/h12-13,16H,5-10H2,1-4H3. The summed E-state index contributed by atoms with van der Waals surface area (Å²) in [5.41, 5.74) is -0.347. The smallest absolute Gasteiger partial charge is 0.103 e. The molecule has 0 amide bonds. The molecule has 0 radical (unpaired) electrons. The van der Waals surface area contributed by atoms with Gasteiger partial charge in [0.1, 0.15) is 5.54 Å². The van der Waals surface area contributed by atoms with Crippen molar-refractivity contribution >= 4 is 0 Å². The van der Waals surface area contributed by atoms with Gasteiger partial charge in [0.2, 0.25) is 0 Å². The largest absolute Gasteiger partial charge is 0.303 e. The van der Waals surface area contributed by atoms with Crippen LogP contribution in [0.25, 0.3) is 0 Å². The summed E-state index contributed by atoms with van der Waals surface area (Å²) >= 11 is 0. The van der Waals surface area contributed by atoms with Crippen molar-refractivity contribution in [1.29, 1.82) is 5.26 Å². The van der Waals surface area contributed by atoms with Crippen LogP contribution in [0.5, 0.6) is 0 Å². The van der Waals surface area contributed by atoms with Gasteiger partial charge in [-0.05, 0) is 72.5 Å². The van der Waals surface area contributed by atoms with Gasteiger partial charge in [-0.2, -0.15) is 5.26 Å². The van der Waals surface area contributed by atoms with Crippen molar-refractivity contribution in [1.82, 2.24) is 10.2 Å². The van der Waals surface area contributed by atoms with Crippen LogP contribution in [0.1, 0.15) is 46.0 Å². The van der Waals surface area contributed by atoms with Crippen molar-refractivity contribution in [3.63, 3.8) is 0 Å². The predicted molar refractivity (Wildman–Crippen MR) is 71.7 cm³/mol. The lowest BCUT2D eigenvalue weighted by atomic mass is 9.97. The summed E-state index contributed by atoms with van der Waals surface area (Å²) in [5, 5.41) is 12.1. The average molecular weight is 237 g/mol. The number of hydrogen-bond donors (Lipinski definition) is 1. The highest BCUT2D eigenvalue weighted by molar-refractivity contribution is 5.02. The van der Waals surface area contributed by atoms with E-state index in [-0.39, 0.29) is 5.54 Å². The first kappa shape index (κ1) is 14.5. The molecule has 1 saturated carbocycles. The third-order valence-electron chi connectivity index (χ3n) is 4.24. The normalized spacial score (nSPS) is 20.9. The van der Waals surface area contributed by atoms with Crippen molar-refractivity contribution in [3.05, 3.63) is 0 Å². The Bertz CT molecular complexity index is 267. The van der Waals surface area contributed by atoms with Gasteiger partial charge >= 0.3 is 0 Å². The molecule has 98 valence electrons. The van der Waals surface area contributed by atoms with Crippen LogP contribution < -0.4 is 5.32 Å². The maximum atomic E-state index is 9.04. The number of unbranched alkanes of at least 4 members (excludes halogenated alkanes) is 1. The summed E-state index contributed by atoms with van der Waals surface area (Å²) in [6.07, 6.45) is 6.07. The van der Waals surface area contributed by atoms with E-state index in [9.17, 15) is 0 Å². The molecule has 1 aliphatic carbocycles. The fourth-order valence-electron chi connectivity index (χ4n) is 2.22. The molecule has 3 heteroatoms. The Morgan fingerprint density at radius 3 is 2.59 bits per heavy atom. The van der Waals surface area contributed by atoms with Crippen molar-refractivity contribution < 1.29 is 0 Å². The minimum atomic E-state index is -0.347. The highest BCUT2D eigenvalue weighted by Gasteiger charge is 2.30. The van der Waals surface area contributed by atoms with Gasteiger partial charge in [0.25, 0.3) is 0 Å². The molecule has 17 heavy (non-hydrogen) atoms. The molecule has 0 aromatic heterocycles. The van der Waals surface area contributed by atoms with Gasteiger partial charge in [-0.1, -0.05) is 0 Å². The molecule has 3 nitrogen and oxygen atoms in total. The average Bonchev–Trinajstić information content (AvgIpc) is 3.17. The molecule has 2 unspecified atom stereocenters. The SMILES string of the molecule is CNC(C)(C#N)CCCCN(C)C(C)C1CC1. The van der Waals surface area contributed by atoms with E-state index >= 15 is 0 Å². The van der Waals surface area contributed by atoms with E-state index < -0.39 is 0 Å². The third kappa shape index (κ3) is 4.65. The van der Waals surface area contributed by atoms with Gasteiger partial charge in [-0.15, -0.1) is 0 Å². The molecular weight excluding hydrogens is 210 g/mol. The van der Waals surface area contributed by atoms with Crippen molar-refractivity contribution in [3.8, 4) is 6.07 Å². The minimum absolute atomic E-state index is 0.347. The van der Waals surface area contributed by atoms with E-state index in [4.69, 9.17) is 5.26 Å². The van der Waals surface area contributed by atoms with Crippen molar-refractivity contribution in [2.45, 2.75) is 57.5 Å². The fraction of sp³-hybridized carbons (Fsp3) is 0.929. The Morgan fingerprint density at radius 2 is 2.12 bits per heavy atom. The van der Waals surface area contributed by atoms with Crippen LogP contribution in [0.4, 0.5) is 0 Å². The number of nitrogens with one attached hydrogen (secondary N) is 1. The Labute approximate surface area is 106 Å². The molecule has 0 bridgehead atoms. The summed E-state index contributed by atoms with van der Waals surface area (Å²) < 4.78 is 0. The lowest BCUT2D eigenvalue weighted by Gasteiger charge is -2.25. The molecule has 1 rings (SSSR count). The lowest BCUT2D eigenvalue weighted by Crippen LogP contribution is -2.38. The van der Waals surface area contributed by atoms with E-state index in [1.54, 1.807) is 0 Å². The second-order valence-electron chi connectivity index (χ2n) is 5.71. The maximum Gasteiger partial charge on any atom is 0.103 e. The van der Waals surface area contributed by atoms with Gasteiger partial charge in [-0.3, -0.25) is 0 Å². The summed E-state index contributed by atoms with van der Waals surface area (Å²) in [7, 11) is 4.09. The van der Waals surface area contributed by atoms with Crippen LogP contribution in [-0.4, -0.2) is 37.1 Å². The number of nitrogens with zero attached hydrogens (tertiary/aromatic N) is 2. The molecule has 2 atom stereocenters. The Kier molecular flexibility index (Phi) is 5.42. The first-order valence-electron chi connectivity index (χ1n) is 6.83. The van der Waals surface area contributed by atoms with E-state index in [2.05, 4.69) is 30.3 Å². The number of rotatable bonds is 8. The quantitative estimate of drug-likeness (QED) is 0.659. The molecule has 0 saturated heterocycles. The van der Waals surface area contributed by atoms with Gasteiger partial charge in [0.15, 0.2) is 0 Å². The Morgan fingerprint density at radius 1 is 1.47 bits per heavy atom.